The van der Waals surface area contributed by atoms with Crippen LogP contribution in [0, 0.1) is 12.8 Å². The van der Waals surface area contributed by atoms with E-state index < -0.39 is 0 Å². The van der Waals surface area contributed by atoms with E-state index >= 15 is 0 Å². The molecular formula is C14H19NO2. The molecule has 1 fully saturated rings. The first-order valence-electron chi connectivity index (χ1n) is 6.08. The Labute approximate surface area is 102 Å². The Morgan fingerprint density at radius 2 is 2.06 bits per heavy atom. The third kappa shape index (κ3) is 2.50. The second kappa shape index (κ2) is 4.88. The summed E-state index contributed by atoms with van der Waals surface area (Å²) in [5, 5.41) is 9.11. The van der Waals surface area contributed by atoms with Crippen molar-refractivity contribution in [1.82, 2.24) is 4.90 Å². The minimum absolute atomic E-state index is 0.0969. The van der Waals surface area contributed by atoms with E-state index in [-0.39, 0.29) is 24.5 Å². The van der Waals surface area contributed by atoms with Crippen molar-refractivity contribution in [2.24, 2.45) is 5.92 Å². The van der Waals surface area contributed by atoms with Gasteiger partial charge in [0.15, 0.2) is 0 Å². The fourth-order valence-electron chi connectivity index (χ4n) is 2.33. The average Bonchev–Trinajstić information content (AvgIpc) is 2.71. The highest BCUT2D eigenvalue weighted by Crippen LogP contribution is 2.28. The summed E-state index contributed by atoms with van der Waals surface area (Å²) in [5.74, 6) is 0.257. The zero-order valence-corrected chi connectivity index (χ0v) is 10.4. The summed E-state index contributed by atoms with van der Waals surface area (Å²) in [6, 6.07) is 8.37. The lowest BCUT2D eigenvalue weighted by Crippen LogP contribution is -2.28. The first-order valence-corrected chi connectivity index (χ1v) is 6.08. The Morgan fingerprint density at radius 1 is 1.41 bits per heavy atom. The van der Waals surface area contributed by atoms with Crippen LogP contribution in [-0.2, 0) is 4.79 Å². The van der Waals surface area contributed by atoms with Crippen molar-refractivity contribution in [2.45, 2.75) is 26.3 Å². The second-order valence-corrected chi connectivity index (χ2v) is 4.89. The smallest absolute Gasteiger partial charge is 0.223 e. The molecule has 2 atom stereocenters. The molecule has 0 radical (unpaired) electrons. The van der Waals surface area contributed by atoms with Gasteiger partial charge in [0, 0.05) is 25.5 Å². The summed E-state index contributed by atoms with van der Waals surface area (Å²) in [6.45, 7) is 4.87. The summed E-state index contributed by atoms with van der Waals surface area (Å²) in [4.78, 5) is 13.7. The fourth-order valence-corrected chi connectivity index (χ4v) is 2.33. The van der Waals surface area contributed by atoms with Crippen molar-refractivity contribution in [2.75, 3.05) is 13.2 Å². The van der Waals surface area contributed by atoms with Gasteiger partial charge >= 0.3 is 0 Å². The number of hydrogen-bond acceptors (Lipinski definition) is 2. The van der Waals surface area contributed by atoms with Crippen molar-refractivity contribution in [3.8, 4) is 0 Å². The SMILES string of the molecule is Cc1ccc(C(C)N2CC(CO)CC2=O)cc1. The molecule has 1 aliphatic heterocycles. The van der Waals surface area contributed by atoms with Crippen molar-refractivity contribution in [1.29, 1.82) is 0 Å². The molecule has 0 aliphatic carbocycles. The molecule has 1 aliphatic rings. The number of benzene rings is 1. The molecule has 1 N–H and O–H groups in total. The first kappa shape index (κ1) is 12.1. The van der Waals surface area contributed by atoms with Crippen LogP contribution in [0.5, 0.6) is 0 Å². The maximum Gasteiger partial charge on any atom is 0.223 e. The molecule has 0 aromatic heterocycles. The van der Waals surface area contributed by atoms with Crippen molar-refractivity contribution in [3.63, 3.8) is 0 Å². The lowest BCUT2D eigenvalue weighted by atomic mass is 10.1. The van der Waals surface area contributed by atoms with Gasteiger partial charge in [-0.2, -0.15) is 0 Å². The minimum Gasteiger partial charge on any atom is -0.396 e. The van der Waals surface area contributed by atoms with Gasteiger partial charge in [-0.3, -0.25) is 4.79 Å². The van der Waals surface area contributed by atoms with Crippen LogP contribution in [0.15, 0.2) is 24.3 Å². The number of aliphatic hydroxyl groups is 1. The van der Waals surface area contributed by atoms with Gasteiger partial charge in [0.2, 0.25) is 5.91 Å². The molecule has 17 heavy (non-hydrogen) atoms. The third-order valence-electron chi connectivity index (χ3n) is 3.52. The molecule has 3 heteroatoms. The van der Waals surface area contributed by atoms with Crippen LogP contribution in [0.4, 0.5) is 0 Å². The van der Waals surface area contributed by atoms with Gasteiger partial charge in [0.05, 0.1) is 6.04 Å². The molecule has 0 saturated carbocycles. The largest absolute Gasteiger partial charge is 0.396 e. The van der Waals surface area contributed by atoms with Gasteiger partial charge in [-0.15, -0.1) is 0 Å². The molecule has 1 heterocycles. The van der Waals surface area contributed by atoms with Gasteiger partial charge in [0.1, 0.15) is 0 Å². The number of hydrogen-bond donors (Lipinski definition) is 1. The number of rotatable bonds is 3. The number of likely N-dealkylation sites (tertiary alicyclic amines) is 1. The molecule has 0 bridgehead atoms. The minimum atomic E-state index is 0.0969. The number of carbonyl (C=O) groups is 1. The van der Waals surface area contributed by atoms with E-state index in [2.05, 4.69) is 31.2 Å². The second-order valence-electron chi connectivity index (χ2n) is 4.89. The average molecular weight is 233 g/mol. The first-order chi connectivity index (χ1) is 8.11. The predicted octanol–water partition coefficient (Wildman–Crippen LogP) is 1.90. The van der Waals surface area contributed by atoms with Crippen LogP contribution in [0.3, 0.4) is 0 Å². The van der Waals surface area contributed by atoms with Crippen molar-refractivity contribution >= 4 is 5.91 Å². The van der Waals surface area contributed by atoms with E-state index in [1.165, 1.54) is 5.56 Å². The number of nitrogens with zero attached hydrogens (tertiary/aromatic N) is 1. The van der Waals surface area contributed by atoms with E-state index in [0.29, 0.717) is 13.0 Å². The summed E-state index contributed by atoms with van der Waals surface area (Å²) in [6.07, 6.45) is 0.479. The Balaban J connectivity index is 2.12. The standard InChI is InChI=1S/C14H19NO2/c1-10-3-5-13(6-4-10)11(2)15-8-12(9-16)7-14(15)17/h3-6,11-12,16H,7-9H2,1-2H3. The zero-order chi connectivity index (χ0) is 12.4. The summed E-state index contributed by atoms with van der Waals surface area (Å²) < 4.78 is 0. The van der Waals surface area contributed by atoms with Crippen LogP contribution in [0.2, 0.25) is 0 Å². The van der Waals surface area contributed by atoms with Gasteiger partial charge in [-0.1, -0.05) is 29.8 Å². The molecule has 1 saturated heterocycles. The van der Waals surface area contributed by atoms with Crippen LogP contribution in [-0.4, -0.2) is 29.1 Å². The topological polar surface area (TPSA) is 40.5 Å². The molecule has 1 aromatic carbocycles. The van der Waals surface area contributed by atoms with Gasteiger partial charge in [-0.05, 0) is 19.4 Å². The Hall–Kier alpha value is -1.35. The molecule has 1 amide bonds. The van der Waals surface area contributed by atoms with E-state index in [4.69, 9.17) is 5.11 Å². The number of aliphatic hydroxyl groups excluding tert-OH is 1. The normalized spacial score (nSPS) is 21.9. The van der Waals surface area contributed by atoms with Crippen LogP contribution < -0.4 is 0 Å². The van der Waals surface area contributed by atoms with Crippen LogP contribution in [0.1, 0.15) is 30.5 Å². The molecule has 2 unspecified atom stereocenters. The quantitative estimate of drug-likeness (QED) is 0.866. The number of carbonyl (C=O) groups excluding carboxylic acids is 1. The van der Waals surface area contributed by atoms with Crippen molar-refractivity contribution in [3.05, 3.63) is 35.4 Å². The number of aryl methyl sites for hydroxylation is 1. The van der Waals surface area contributed by atoms with E-state index in [9.17, 15) is 4.79 Å². The van der Waals surface area contributed by atoms with E-state index in [1.807, 2.05) is 11.8 Å². The highest BCUT2D eigenvalue weighted by Gasteiger charge is 2.32. The highest BCUT2D eigenvalue weighted by molar-refractivity contribution is 5.79. The Kier molecular flexibility index (Phi) is 3.48. The third-order valence-corrected chi connectivity index (χ3v) is 3.52. The molecule has 2 rings (SSSR count). The molecule has 3 nitrogen and oxygen atoms in total. The predicted molar refractivity (Wildman–Crippen MR) is 66.5 cm³/mol. The summed E-state index contributed by atoms with van der Waals surface area (Å²) in [7, 11) is 0. The van der Waals surface area contributed by atoms with E-state index in [0.717, 1.165) is 5.56 Å². The van der Waals surface area contributed by atoms with E-state index in [1.54, 1.807) is 0 Å². The van der Waals surface area contributed by atoms with Crippen LogP contribution in [0.25, 0.3) is 0 Å². The lowest BCUT2D eigenvalue weighted by Gasteiger charge is -2.25. The van der Waals surface area contributed by atoms with Gasteiger partial charge < -0.3 is 10.0 Å². The van der Waals surface area contributed by atoms with Crippen molar-refractivity contribution < 1.29 is 9.90 Å². The molecular weight excluding hydrogens is 214 g/mol. The van der Waals surface area contributed by atoms with Crippen LogP contribution >= 0.6 is 0 Å². The maximum absolute atomic E-state index is 11.8. The van der Waals surface area contributed by atoms with Gasteiger partial charge in [-0.25, -0.2) is 0 Å². The lowest BCUT2D eigenvalue weighted by molar-refractivity contribution is -0.129. The Bertz CT molecular complexity index is 399. The molecule has 0 spiro atoms. The van der Waals surface area contributed by atoms with Gasteiger partial charge in [0.25, 0.3) is 0 Å². The molecule has 1 aromatic rings. The number of amides is 1. The zero-order valence-electron chi connectivity index (χ0n) is 10.4. The summed E-state index contributed by atoms with van der Waals surface area (Å²) in [5.41, 5.74) is 2.38. The molecule has 92 valence electrons. The summed E-state index contributed by atoms with van der Waals surface area (Å²) >= 11 is 0. The Morgan fingerprint density at radius 3 is 2.59 bits per heavy atom. The fraction of sp³-hybridized carbons (Fsp3) is 0.500. The highest BCUT2D eigenvalue weighted by atomic mass is 16.3. The maximum atomic E-state index is 11.8. The monoisotopic (exact) mass is 233 g/mol.